The number of ketones is 2. The molecule has 0 aromatic heterocycles. The molecular weight excluding hydrogens is 400 g/mol. The number of methoxy groups -OCH3 is 3. The lowest BCUT2D eigenvalue weighted by Gasteiger charge is -2.14. The van der Waals surface area contributed by atoms with Gasteiger partial charge in [-0.15, -0.1) is 0 Å². The van der Waals surface area contributed by atoms with Crippen LogP contribution in [0.3, 0.4) is 0 Å². The fraction of sp³-hybridized carbons (Fsp3) is 0.300. The quantitative estimate of drug-likeness (QED) is 0.363. The second-order valence-electron chi connectivity index (χ2n) is 6.00. The van der Waals surface area contributed by atoms with Crippen LogP contribution in [0.5, 0.6) is 46.0 Å². The molecule has 3 N–H and O–H groups in total. The summed E-state index contributed by atoms with van der Waals surface area (Å²) in [5.41, 5.74) is 0. The van der Waals surface area contributed by atoms with Crippen molar-refractivity contribution in [3.05, 3.63) is 24.3 Å². The van der Waals surface area contributed by atoms with E-state index < -0.39 is 41.8 Å². The molecule has 0 atom stereocenters. The average Bonchev–Trinajstić information content (AvgIpc) is 2.73. The molecule has 2 rings (SSSR count). The number of Topliss-reactive ketones (excluding diaryl/α,β-unsaturated/α-hetero) is 2. The highest BCUT2D eigenvalue weighted by atomic mass is 16.5. The molecule has 0 spiro atoms. The summed E-state index contributed by atoms with van der Waals surface area (Å²) in [5, 5.41) is 28.1. The number of rotatable bonds is 11. The molecule has 0 radical (unpaired) electrons. The van der Waals surface area contributed by atoms with Gasteiger partial charge in [0.1, 0.15) is 24.7 Å². The van der Waals surface area contributed by atoms with Crippen LogP contribution in [0, 0.1) is 0 Å². The van der Waals surface area contributed by atoms with Crippen molar-refractivity contribution in [1.82, 2.24) is 0 Å². The largest absolute Gasteiger partial charge is 0.504 e. The van der Waals surface area contributed by atoms with Gasteiger partial charge in [-0.3, -0.25) is 9.59 Å². The van der Waals surface area contributed by atoms with E-state index in [0.717, 1.165) is 12.1 Å². The molecule has 10 heteroatoms. The summed E-state index contributed by atoms with van der Waals surface area (Å²) in [6, 6.07) is 5.09. The molecule has 0 saturated carbocycles. The summed E-state index contributed by atoms with van der Waals surface area (Å²) in [6.45, 7) is -0.843. The monoisotopic (exact) mass is 422 g/mol. The first-order valence-electron chi connectivity index (χ1n) is 8.63. The Bertz CT molecular complexity index is 874. The molecule has 0 unspecified atom stereocenters. The third kappa shape index (κ3) is 5.60. The molecule has 0 aliphatic carbocycles. The topological polar surface area (TPSA) is 141 Å². The van der Waals surface area contributed by atoms with E-state index in [4.69, 9.17) is 23.7 Å². The Kier molecular flexibility index (Phi) is 7.56. The van der Waals surface area contributed by atoms with E-state index in [-0.39, 0.29) is 18.1 Å². The Morgan fingerprint density at radius 3 is 1.57 bits per heavy atom. The normalized spacial score (nSPS) is 10.2. The minimum Gasteiger partial charge on any atom is -0.504 e. The minimum atomic E-state index is -0.701. The maximum atomic E-state index is 12.0. The lowest BCUT2D eigenvalue weighted by molar-refractivity contribution is -0.129. The van der Waals surface area contributed by atoms with E-state index in [1.165, 1.54) is 33.5 Å². The van der Waals surface area contributed by atoms with Crippen molar-refractivity contribution in [2.24, 2.45) is 0 Å². The minimum absolute atomic E-state index is 0.0442. The molecule has 2 aromatic rings. The summed E-state index contributed by atoms with van der Waals surface area (Å²) in [5.74, 6) is -1.62. The van der Waals surface area contributed by atoms with Crippen LogP contribution in [0.15, 0.2) is 24.3 Å². The maximum Gasteiger partial charge on any atom is 0.203 e. The summed E-state index contributed by atoms with van der Waals surface area (Å²) in [4.78, 5) is 23.9. The zero-order valence-corrected chi connectivity index (χ0v) is 16.6. The number of phenols is 3. The number of aromatic hydroxyl groups is 3. The van der Waals surface area contributed by atoms with Gasteiger partial charge in [0.25, 0.3) is 0 Å². The Hall–Kier alpha value is -3.82. The third-order valence-corrected chi connectivity index (χ3v) is 3.88. The highest BCUT2D eigenvalue weighted by Gasteiger charge is 2.16. The van der Waals surface area contributed by atoms with Crippen molar-refractivity contribution in [3.63, 3.8) is 0 Å². The molecule has 10 nitrogen and oxygen atoms in total. The number of hydrogen-bond acceptors (Lipinski definition) is 10. The van der Waals surface area contributed by atoms with Crippen molar-refractivity contribution in [1.29, 1.82) is 0 Å². The maximum absolute atomic E-state index is 12.0. The van der Waals surface area contributed by atoms with Gasteiger partial charge in [0.05, 0.1) is 27.8 Å². The van der Waals surface area contributed by atoms with Gasteiger partial charge in [0.2, 0.25) is 11.5 Å². The first kappa shape index (κ1) is 22.5. The number of carbonyl (C=O) groups excluding carboxylic acids is 2. The molecule has 0 aliphatic rings. The molecule has 0 amide bonds. The number of phenolic OH excluding ortho intramolecular Hbond substituents is 3. The highest BCUT2D eigenvalue weighted by Crippen LogP contribution is 2.41. The molecule has 162 valence electrons. The SMILES string of the molecule is COc1cc(OCC(=O)CC(=O)COc2cc(O)c(O)c(O)c2)cc(OC)c1OC. The van der Waals surface area contributed by atoms with Gasteiger partial charge in [0, 0.05) is 24.3 Å². The Labute approximate surface area is 172 Å². The van der Waals surface area contributed by atoms with E-state index >= 15 is 0 Å². The fourth-order valence-corrected chi connectivity index (χ4v) is 2.45. The average molecular weight is 422 g/mol. The van der Waals surface area contributed by atoms with Crippen LogP contribution in [0.4, 0.5) is 0 Å². The summed E-state index contributed by atoms with van der Waals surface area (Å²) in [6.07, 6.45) is -0.444. The standard InChI is InChI=1S/C20H22O10/c1-26-17-7-14(8-18(27-2)20(17)28-3)30-10-12(22)4-11(21)9-29-13-5-15(23)19(25)16(24)6-13/h5-8,23-25H,4,9-10H2,1-3H3. The van der Waals surface area contributed by atoms with Crippen LogP contribution in [0.2, 0.25) is 0 Å². The molecule has 0 saturated heterocycles. The molecule has 0 aliphatic heterocycles. The van der Waals surface area contributed by atoms with E-state index in [1.807, 2.05) is 0 Å². The Morgan fingerprint density at radius 2 is 1.17 bits per heavy atom. The van der Waals surface area contributed by atoms with Gasteiger partial charge in [-0.25, -0.2) is 0 Å². The van der Waals surface area contributed by atoms with Gasteiger partial charge >= 0.3 is 0 Å². The van der Waals surface area contributed by atoms with Crippen LogP contribution in [0.1, 0.15) is 6.42 Å². The fourth-order valence-electron chi connectivity index (χ4n) is 2.45. The van der Waals surface area contributed by atoms with Crippen molar-refractivity contribution in [2.45, 2.75) is 6.42 Å². The van der Waals surface area contributed by atoms with Gasteiger partial charge < -0.3 is 39.0 Å². The number of carbonyl (C=O) groups is 2. The van der Waals surface area contributed by atoms with Crippen molar-refractivity contribution < 1.29 is 48.6 Å². The van der Waals surface area contributed by atoms with E-state index in [9.17, 15) is 24.9 Å². The number of benzene rings is 2. The first-order valence-corrected chi connectivity index (χ1v) is 8.63. The summed E-state index contributed by atoms with van der Waals surface area (Å²) in [7, 11) is 4.34. The predicted octanol–water partition coefficient (Wildman–Crippen LogP) is 1.82. The number of ether oxygens (including phenoxy) is 5. The second-order valence-corrected chi connectivity index (χ2v) is 6.00. The van der Waals surface area contributed by atoms with Crippen molar-refractivity contribution >= 4 is 11.6 Å². The predicted molar refractivity (Wildman–Crippen MR) is 103 cm³/mol. The van der Waals surface area contributed by atoms with Gasteiger partial charge in [-0.1, -0.05) is 0 Å². The second kappa shape index (κ2) is 10.1. The number of hydrogen-bond donors (Lipinski definition) is 3. The van der Waals surface area contributed by atoms with E-state index in [0.29, 0.717) is 17.2 Å². The van der Waals surface area contributed by atoms with E-state index in [2.05, 4.69) is 0 Å². The first-order chi connectivity index (χ1) is 14.3. The summed E-state index contributed by atoms with van der Waals surface area (Å²) < 4.78 is 26.1. The van der Waals surface area contributed by atoms with Gasteiger partial charge in [0.15, 0.2) is 34.6 Å². The summed E-state index contributed by atoms with van der Waals surface area (Å²) >= 11 is 0. The molecule has 0 fully saturated rings. The van der Waals surface area contributed by atoms with Crippen LogP contribution >= 0.6 is 0 Å². The molecular formula is C20H22O10. The molecule has 2 aromatic carbocycles. The smallest absolute Gasteiger partial charge is 0.203 e. The van der Waals surface area contributed by atoms with Crippen LogP contribution in [-0.4, -0.2) is 61.4 Å². The zero-order chi connectivity index (χ0) is 22.3. The van der Waals surface area contributed by atoms with E-state index in [1.54, 1.807) is 0 Å². The highest BCUT2D eigenvalue weighted by molar-refractivity contribution is 6.00. The molecule has 0 heterocycles. The third-order valence-electron chi connectivity index (χ3n) is 3.88. The lowest BCUT2D eigenvalue weighted by atomic mass is 10.2. The van der Waals surface area contributed by atoms with Crippen molar-refractivity contribution in [2.75, 3.05) is 34.5 Å². The Morgan fingerprint density at radius 1 is 0.733 bits per heavy atom. The molecule has 30 heavy (non-hydrogen) atoms. The Balaban J connectivity index is 1.89. The molecule has 0 bridgehead atoms. The van der Waals surface area contributed by atoms with Crippen LogP contribution in [-0.2, 0) is 9.59 Å². The van der Waals surface area contributed by atoms with Crippen LogP contribution < -0.4 is 23.7 Å². The van der Waals surface area contributed by atoms with Crippen LogP contribution in [0.25, 0.3) is 0 Å². The van der Waals surface area contributed by atoms with Gasteiger partial charge in [-0.05, 0) is 0 Å². The van der Waals surface area contributed by atoms with Crippen molar-refractivity contribution in [3.8, 4) is 46.0 Å². The van der Waals surface area contributed by atoms with Gasteiger partial charge in [-0.2, -0.15) is 0 Å². The zero-order valence-electron chi connectivity index (χ0n) is 16.6. The lowest BCUT2D eigenvalue weighted by Crippen LogP contribution is -2.20.